The largest absolute Gasteiger partial charge is 0.490 e. The minimum absolute atomic E-state index is 0.0701. The van der Waals surface area contributed by atoms with Crippen LogP contribution in [-0.4, -0.2) is 22.7 Å². The quantitative estimate of drug-likeness (QED) is 0.254. The highest BCUT2D eigenvalue weighted by Gasteiger charge is 2.14. The maximum absolute atomic E-state index is 13.9. The molecule has 3 nitrogen and oxygen atoms in total. The van der Waals surface area contributed by atoms with E-state index in [9.17, 15) is 4.39 Å². The second-order valence-corrected chi connectivity index (χ2v) is 8.70. The van der Waals surface area contributed by atoms with Crippen LogP contribution < -0.4 is 4.74 Å². The van der Waals surface area contributed by atoms with E-state index in [2.05, 4.69) is 41.2 Å². The zero-order chi connectivity index (χ0) is 22.3. The number of benzene rings is 1. The number of unbranched alkanes of at least 4 members (excludes halogenated alkanes) is 7. The van der Waals surface area contributed by atoms with Gasteiger partial charge in [-0.1, -0.05) is 96.4 Å². The van der Waals surface area contributed by atoms with Crippen LogP contribution in [-0.2, 0) is 6.42 Å². The molecular formula is C27H41FN2O. The van der Waals surface area contributed by atoms with Gasteiger partial charge >= 0.3 is 0 Å². The Morgan fingerprint density at radius 1 is 0.871 bits per heavy atom. The van der Waals surface area contributed by atoms with Gasteiger partial charge in [-0.2, -0.15) is 0 Å². The Hall–Kier alpha value is -1.97. The molecule has 0 aliphatic rings. The predicted octanol–water partition coefficient (Wildman–Crippen LogP) is 7.98. The number of hydrogen-bond acceptors (Lipinski definition) is 3. The Balaban J connectivity index is 1.70. The van der Waals surface area contributed by atoms with E-state index in [1.807, 2.05) is 13.8 Å². The lowest BCUT2D eigenvalue weighted by Crippen LogP contribution is -2.15. The molecule has 1 aromatic carbocycles. The zero-order valence-electron chi connectivity index (χ0n) is 19.8. The average Bonchev–Trinajstić information content (AvgIpc) is 2.81. The molecule has 1 heterocycles. The maximum atomic E-state index is 13.9. The lowest BCUT2D eigenvalue weighted by molar-refractivity contribution is 0.181. The lowest BCUT2D eigenvalue weighted by Gasteiger charge is -2.14. The van der Waals surface area contributed by atoms with Crippen LogP contribution in [0.3, 0.4) is 0 Å². The van der Waals surface area contributed by atoms with Crippen molar-refractivity contribution in [2.24, 2.45) is 5.92 Å². The van der Waals surface area contributed by atoms with Crippen LogP contribution in [0.2, 0.25) is 0 Å². The van der Waals surface area contributed by atoms with E-state index in [4.69, 9.17) is 4.74 Å². The topological polar surface area (TPSA) is 35.0 Å². The van der Waals surface area contributed by atoms with Crippen molar-refractivity contribution < 1.29 is 9.13 Å². The highest BCUT2D eigenvalue weighted by molar-refractivity contribution is 5.55. The summed E-state index contributed by atoms with van der Waals surface area (Å²) in [5.41, 5.74) is 2.38. The summed E-state index contributed by atoms with van der Waals surface area (Å²) in [4.78, 5) is 8.83. The molecule has 172 valence electrons. The third-order valence-corrected chi connectivity index (χ3v) is 6.08. The van der Waals surface area contributed by atoms with Gasteiger partial charge in [0.05, 0.1) is 19.0 Å². The van der Waals surface area contributed by atoms with Gasteiger partial charge in [-0.3, -0.25) is 0 Å². The van der Waals surface area contributed by atoms with Crippen LogP contribution in [0.15, 0.2) is 36.7 Å². The van der Waals surface area contributed by atoms with Crippen molar-refractivity contribution in [3.05, 3.63) is 42.2 Å². The molecule has 0 amide bonds. The van der Waals surface area contributed by atoms with Crippen LogP contribution >= 0.6 is 0 Å². The molecule has 1 aromatic heterocycles. The van der Waals surface area contributed by atoms with Crippen molar-refractivity contribution in [2.75, 3.05) is 6.61 Å². The molecule has 0 aliphatic carbocycles. The number of alkyl halides is 1. The van der Waals surface area contributed by atoms with Gasteiger partial charge in [-0.25, -0.2) is 14.4 Å². The summed E-state index contributed by atoms with van der Waals surface area (Å²) in [7, 11) is 0. The smallest absolute Gasteiger partial charge is 0.159 e. The van der Waals surface area contributed by atoms with Crippen molar-refractivity contribution in [1.29, 1.82) is 0 Å². The van der Waals surface area contributed by atoms with Gasteiger partial charge in [0.2, 0.25) is 0 Å². The van der Waals surface area contributed by atoms with E-state index in [1.54, 1.807) is 12.4 Å². The first-order valence-electron chi connectivity index (χ1n) is 12.3. The number of ether oxygens (including phenoxy) is 1. The van der Waals surface area contributed by atoms with E-state index in [0.717, 1.165) is 18.4 Å². The molecule has 2 rings (SSSR count). The van der Waals surface area contributed by atoms with Gasteiger partial charge in [0.1, 0.15) is 6.17 Å². The number of aryl methyl sites for hydroxylation is 1. The predicted molar refractivity (Wildman–Crippen MR) is 128 cm³/mol. The Kier molecular flexibility index (Phi) is 12.2. The van der Waals surface area contributed by atoms with Crippen molar-refractivity contribution >= 4 is 0 Å². The molecule has 2 atom stereocenters. The number of hydrogen-bond donors (Lipinski definition) is 0. The third kappa shape index (κ3) is 9.80. The average molecular weight is 429 g/mol. The van der Waals surface area contributed by atoms with Crippen molar-refractivity contribution in [2.45, 2.75) is 97.6 Å². The number of rotatable bonds is 16. The van der Waals surface area contributed by atoms with Gasteiger partial charge in [0.25, 0.3) is 0 Å². The Labute approximate surface area is 188 Å². The second-order valence-electron chi connectivity index (χ2n) is 8.70. The first-order valence-corrected chi connectivity index (χ1v) is 12.3. The fraction of sp³-hybridized carbons (Fsp3) is 0.630. The van der Waals surface area contributed by atoms with Gasteiger partial charge in [-0.05, 0) is 24.3 Å². The minimum Gasteiger partial charge on any atom is -0.490 e. The molecule has 2 aromatic rings. The molecule has 0 radical (unpaired) electrons. The summed E-state index contributed by atoms with van der Waals surface area (Å²) in [6.07, 6.45) is 15.7. The molecule has 0 bridgehead atoms. The number of halogens is 1. The SMILES string of the molecule is CCCCCCCCCCc1ccc(-c2ncc(OCCC(F)C(C)CC)cn2)cc1. The maximum Gasteiger partial charge on any atom is 0.159 e. The van der Waals surface area contributed by atoms with E-state index in [0.29, 0.717) is 24.6 Å². The van der Waals surface area contributed by atoms with E-state index in [1.165, 1.54) is 56.9 Å². The van der Waals surface area contributed by atoms with Crippen molar-refractivity contribution in [1.82, 2.24) is 9.97 Å². The van der Waals surface area contributed by atoms with Crippen molar-refractivity contribution in [3.63, 3.8) is 0 Å². The standard InChI is InChI=1S/C27H41FN2O/c1-4-6-7-8-9-10-11-12-13-23-14-16-24(17-15-23)27-29-20-25(21-30-27)31-19-18-26(28)22(3)5-2/h14-17,20-22,26H,4-13,18-19H2,1-3H3. The first-order chi connectivity index (χ1) is 15.1. The minimum atomic E-state index is -0.825. The van der Waals surface area contributed by atoms with Crippen LogP contribution in [0.1, 0.15) is 90.5 Å². The molecule has 0 N–H and O–H groups in total. The highest BCUT2D eigenvalue weighted by Crippen LogP contribution is 2.20. The summed E-state index contributed by atoms with van der Waals surface area (Å²) in [6, 6.07) is 8.55. The molecule has 0 saturated carbocycles. The van der Waals surface area contributed by atoms with E-state index >= 15 is 0 Å². The number of nitrogens with zero attached hydrogens (tertiary/aromatic N) is 2. The first kappa shape index (κ1) is 25.3. The summed E-state index contributed by atoms with van der Waals surface area (Å²) in [5, 5.41) is 0. The zero-order valence-corrected chi connectivity index (χ0v) is 19.8. The van der Waals surface area contributed by atoms with Crippen LogP contribution in [0, 0.1) is 5.92 Å². The Bertz CT molecular complexity index is 702. The summed E-state index contributed by atoms with van der Waals surface area (Å²) >= 11 is 0. The van der Waals surface area contributed by atoms with E-state index < -0.39 is 6.17 Å². The Morgan fingerprint density at radius 2 is 1.48 bits per heavy atom. The summed E-state index contributed by atoms with van der Waals surface area (Å²) < 4.78 is 19.5. The fourth-order valence-electron chi connectivity index (χ4n) is 3.65. The molecule has 31 heavy (non-hydrogen) atoms. The van der Waals surface area contributed by atoms with Crippen LogP contribution in [0.4, 0.5) is 4.39 Å². The normalized spacial score (nSPS) is 13.2. The van der Waals surface area contributed by atoms with Gasteiger partial charge < -0.3 is 4.74 Å². The van der Waals surface area contributed by atoms with Gasteiger partial charge in [-0.15, -0.1) is 0 Å². The molecule has 0 aliphatic heterocycles. The van der Waals surface area contributed by atoms with Gasteiger partial charge in [0.15, 0.2) is 11.6 Å². The van der Waals surface area contributed by atoms with E-state index in [-0.39, 0.29) is 5.92 Å². The highest BCUT2D eigenvalue weighted by atomic mass is 19.1. The van der Waals surface area contributed by atoms with Crippen LogP contribution in [0.25, 0.3) is 11.4 Å². The molecule has 0 saturated heterocycles. The summed E-state index contributed by atoms with van der Waals surface area (Å²) in [6.45, 7) is 6.55. The fourth-order valence-corrected chi connectivity index (χ4v) is 3.65. The van der Waals surface area contributed by atoms with Crippen molar-refractivity contribution in [3.8, 4) is 17.1 Å². The van der Waals surface area contributed by atoms with Gasteiger partial charge in [0, 0.05) is 12.0 Å². The van der Waals surface area contributed by atoms with Crippen LogP contribution in [0.5, 0.6) is 5.75 Å². The lowest BCUT2D eigenvalue weighted by atomic mass is 10.0. The molecule has 4 heteroatoms. The molecule has 2 unspecified atom stereocenters. The summed E-state index contributed by atoms with van der Waals surface area (Å²) in [5.74, 6) is 1.35. The molecule has 0 fully saturated rings. The number of aromatic nitrogens is 2. The third-order valence-electron chi connectivity index (χ3n) is 6.08. The Morgan fingerprint density at radius 3 is 2.10 bits per heavy atom. The molecular weight excluding hydrogens is 387 g/mol. The molecule has 0 spiro atoms. The second kappa shape index (κ2) is 14.9. The monoisotopic (exact) mass is 428 g/mol.